The van der Waals surface area contributed by atoms with E-state index >= 15 is 0 Å². The van der Waals surface area contributed by atoms with Gasteiger partial charge in [0.15, 0.2) is 0 Å². The molecule has 0 aliphatic heterocycles. The first kappa shape index (κ1) is 13.0. The van der Waals surface area contributed by atoms with Gasteiger partial charge in [-0.3, -0.25) is 4.79 Å². The lowest BCUT2D eigenvalue weighted by atomic mass is 10.0. The maximum Gasteiger partial charge on any atom is 0.310 e. The van der Waals surface area contributed by atoms with Gasteiger partial charge in [0.1, 0.15) is 11.8 Å². The predicted molar refractivity (Wildman–Crippen MR) is 61.1 cm³/mol. The number of hydrogen-bond donors (Lipinski definition) is 2. The van der Waals surface area contributed by atoms with Crippen LogP contribution < -0.4 is 5.73 Å². The third kappa shape index (κ3) is 2.95. The van der Waals surface area contributed by atoms with Crippen molar-refractivity contribution in [2.24, 2.45) is 5.73 Å². The molecule has 0 fully saturated rings. The van der Waals surface area contributed by atoms with Crippen LogP contribution in [0.25, 0.3) is 0 Å². The number of benzene rings is 1. The summed E-state index contributed by atoms with van der Waals surface area (Å²) in [7, 11) is 0. The molecule has 5 heteroatoms. The number of carbonyl (C=O) groups excluding carboxylic acids is 1. The number of phenolic OH excluding ortho intramolecular Hbond substituents is 1. The zero-order valence-electron chi connectivity index (χ0n) is 9.56. The summed E-state index contributed by atoms with van der Waals surface area (Å²) in [5.41, 5.74) is 6.65. The van der Waals surface area contributed by atoms with Gasteiger partial charge in [-0.2, -0.15) is 5.26 Å². The molecule has 0 bridgehead atoms. The molecular weight excluding hydrogens is 220 g/mol. The molecule has 0 saturated carbocycles. The Hall–Kier alpha value is -2.06. The van der Waals surface area contributed by atoms with Crippen molar-refractivity contribution in [1.82, 2.24) is 0 Å². The quantitative estimate of drug-likeness (QED) is 0.752. The van der Waals surface area contributed by atoms with Crippen LogP contribution in [-0.4, -0.2) is 17.7 Å². The molecule has 0 atom stereocenters. The molecule has 0 radical (unpaired) electrons. The number of ether oxygens (including phenoxy) is 1. The molecule has 1 aromatic carbocycles. The molecule has 90 valence electrons. The summed E-state index contributed by atoms with van der Waals surface area (Å²) in [5, 5.41) is 18.5. The standard InChI is InChI=1S/C12H14N2O3/c1-2-17-11(15)5-8-3-4-9(6-13)12(16)10(8)7-14/h3-4,16H,2,5,7,14H2,1H3. The number of phenols is 1. The maximum atomic E-state index is 11.3. The molecule has 1 rings (SSSR count). The van der Waals surface area contributed by atoms with Gasteiger partial charge in [-0.1, -0.05) is 6.07 Å². The summed E-state index contributed by atoms with van der Waals surface area (Å²) in [4.78, 5) is 11.3. The molecule has 0 unspecified atom stereocenters. The summed E-state index contributed by atoms with van der Waals surface area (Å²) in [5.74, 6) is -0.539. The highest BCUT2D eigenvalue weighted by atomic mass is 16.5. The fraction of sp³-hybridized carbons (Fsp3) is 0.333. The van der Waals surface area contributed by atoms with E-state index in [9.17, 15) is 9.90 Å². The minimum absolute atomic E-state index is 0.0413. The van der Waals surface area contributed by atoms with Crippen LogP contribution in [0, 0.1) is 11.3 Å². The number of nitriles is 1. The lowest BCUT2D eigenvalue weighted by Crippen LogP contribution is -2.11. The van der Waals surface area contributed by atoms with Crippen molar-refractivity contribution < 1.29 is 14.6 Å². The van der Waals surface area contributed by atoms with E-state index < -0.39 is 0 Å². The fourth-order valence-corrected chi connectivity index (χ4v) is 1.53. The molecule has 17 heavy (non-hydrogen) atoms. The first-order chi connectivity index (χ1) is 8.13. The fourth-order valence-electron chi connectivity index (χ4n) is 1.53. The SMILES string of the molecule is CCOC(=O)Cc1ccc(C#N)c(O)c1CN. The Labute approximate surface area is 99.4 Å². The van der Waals surface area contributed by atoms with Crippen LogP contribution in [0.4, 0.5) is 0 Å². The highest BCUT2D eigenvalue weighted by molar-refractivity contribution is 5.73. The number of nitrogens with zero attached hydrogens (tertiary/aromatic N) is 1. The van der Waals surface area contributed by atoms with E-state index in [2.05, 4.69) is 0 Å². The molecule has 0 aromatic heterocycles. The van der Waals surface area contributed by atoms with Crippen LogP contribution in [0.3, 0.4) is 0 Å². The van der Waals surface area contributed by atoms with Gasteiger partial charge in [0.25, 0.3) is 0 Å². The largest absolute Gasteiger partial charge is 0.506 e. The van der Waals surface area contributed by atoms with Gasteiger partial charge in [-0.25, -0.2) is 0 Å². The van der Waals surface area contributed by atoms with Crippen molar-refractivity contribution in [2.45, 2.75) is 19.9 Å². The maximum absolute atomic E-state index is 11.3. The topological polar surface area (TPSA) is 96.3 Å². The minimum Gasteiger partial charge on any atom is -0.506 e. The highest BCUT2D eigenvalue weighted by Crippen LogP contribution is 2.25. The third-order valence-corrected chi connectivity index (χ3v) is 2.34. The Morgan fingerprint density at radius 3 is 2.82 bits per heavy atom. The first-order valence-corrected chi connectivity index (χ1v) is 5.23. The van der Waals surface area contributed by atoms with Crippen LogP contribution >= 0.6 is 0 Å². The molecular formula is C12H14N2O3. The predicted octanol–water partition coefficient (Wildman–Crippen LogP) is 0.828. The van der Waals surface area contributed by atoms with Gasteiger partial charge in [0.2, 0.25) is 0 Å². The smallest absolute Gasteiger partial charge is 0.310 e. The van der Waals surface area contributed by atoms with Gasteiger partial charge in [0, 0.05) is 12.1 Å². The normalized spacial score (nSPS) is 9.71. The van der Waals surface area contributed by atoms with E-state index in [4.69, 9.17) is 15.7 Å². The average molecular weight is 234 g/mol. The Balaban J connectivity index is 3.05. The Kier molecular flexibility index (Phi) is 4.49. The number of nitrogens with two attached hydrogens (primary N) is 1. The first-order valence-electron chi connectivity index (χ1n) is 5.23. The van der Waals surface area contributed by atoms with Gasteiger partial charge in [-0.05, 0) is 18.6 Å². The summed E-state index contributed by atoms with van der Waals surface area (Å²) in [6.07, 6.45) is 0.0413. The van der Waals surface area contributed by atoms with E-state index in [0.717, 1.165) is 0 Å². The lowest BCUT2D eigenvalue weighted by molar-refractivity contribution is -0.142. The zero-order valence-corrected chi connectivity index (χ0v) is 9.56. The van der Waals surface area contributed by atoms with Crippen molar-refractivity contribution in [2.75, 3.05) is 6.61 Å². The molecule has 1 aromatic rings. The van der Waals surface area contributed by atoms with Gasteiger partial charge in [-0.15, -0.1) is 0 Å². The summed E-state index contributed by atoms with van der Waals surface area (Å²) in [6, 6.07) is 4.92. The molecule has 3 N–H and O–H groups in total. The van der Waals surface area contributed by atoms with E-state index in [0.29, 0.717) is 17.7 Å². The van der Waals surface area contributed by atoms with Crippen LogP contribution in [0.15, 0.2) is 12.1 Å². The second-order valence-electron chi connectivity index (χ2n) is 3.40. The second kappa shape index (κ2) is 5.87. The lowest BCUT2D eigenvalue weighted by Gasteiger charge is -2.10. The molecule has 0 heterocycles. The second-order valence-corrected chi connectivity index (χ2v) is 3.40. The van der Waals surface area contributed by atoms with Crippen molar-refractivity contribution >= 4 is 5.97 Å². The molecule has 0 saturated heterocycles. The highest BCUT2D eigenvalue weighted by Gasteiger charge is 2.14. The summed E-state index contributed by atoms with van der Waals surface area (Å²) < 4.78 is 4.82. The van der Waals surface area contributed by atoms with Gasteiger partial charge >= 0.3 is 5.97 Å². The number of aromatic hydroxyl groups is 1. The Morgan fingerprint density at radius 1 is 1.59 bits per heavy atom. The Bertz CT molecular complexity index is 464. The molecule has 0 amide bonds. The summed E-state index contributed by atoms with van der Waals surface area (Å²) >= 11 is 0. The van der Waals surface area contributed by atoms with Crippen molar-refractivity contribution in [3.63, 3.8) is 0 Å². The zero-order chi connectivity index (χ0) is 12.8. The van der Waals surface area contributed by atoms with Gasteiger partial charge in [0.05, 0.1) is 18.6 Å². The van der Waals surface area contributed by atoms with E-state index in [-0.39, 0.29) is 30.2 Å². The van der Waals surface area contributed by atoms with Crippen LogP contribution in [0.5, 0.6) is 5.75 Å². The average Bonchev–Trinajstić information content (AvgIpc) is 2.30. The van der Waals surface area contributed by atoms with Crippen molar-refractivity contribution in [3.05, 3.63) is 28.8 Å². The number of rotatable bonds is 4. The van der Waals surface area contributed by atoms with Crippen molar-refractivity contribution in [3.8, 4) is 11.8 Å². The number of carbonyl (C=O) groups is 1. The van der Waals surface area contributed by atoms with Crippen LogP contribution in [0.1, 0.15) is 23.6 Å². The molecule has 0 spiro atoms. The molecule has 0 aliphatic carbocycles. The van der Waals surface area contributed by atoms with Gasteiger partial charge < -0.3 is 15.6 Å². The van der Waals surface area contributed by atoms with E-state index in [1.807, 2.05) is 6.07 Å². The third-order valence-electron chi connectivity index (χ3n) is 2.34. The van der Waals surface area contributed by atoms with E-state index in [1.165, 1.54) is 6.07 Å². The monoisotopic (exact) mass is 234 g/mol. The van der Waals surface area contributed by atoms with Crippen LogP contribution in [-0.2, 0) is 22.5 Å². The molecule has 0 aliphatic rings. The van der Waals surface area contributed by atoms with Crippen LogP contribution in [0.2, 0.25) is 0 Å². The summed E-state index contributed by atoms with van der Waals surface area (Å²) in [6.45, 7) is 2.09. The number of hydrogen-bond acceptors (Lipinski definition) is 5. The van der Waals surface area contributed by atoms with E-state index in [1.54, 1.807) is 13.0 Å². The Morgan fingerprint density at radius 2 is 2.29 bits per heavy atom. The minimum atomic E-state index is -0.383. The number of esters is 1. The molecule has 5 nitrogen and oxygen atoms in total. The van der Waals surface area contributed by atoms with Crippen molar-refractivity contribution in [1.29, 1.82) is 5.26 Å².